The minimum atomic E-state index is -0.239. The Bertz CT molecular complexity index is 1450. The molecule has 0 saturated heterocycles. The van der Waals surface area contributed by atoms with Crippen molar-refractivity contribution in [1.29, 1.82) is 0 Å². The van der Waals surface area contributed by atoms with E-state index < -0.39 is 0 Å². The average molecular weight is 485 g/mol. The maximum Gasteiger partial charge on any atom is 0.123 e. The van der Waals surface area contributed by atoms with E-state index in [1.54, 1.807) is 0 Å². The van der Waals surface area contributed by atoms with Crippen LogP contribution in [0.15, 0.2) is 133 Å². The van der Waals surface area contributed by atoms with E-state index in [0.717, 1.165) is 34.4 Å². The predicted octanol–water partition coefficient (Wildman–Crippen LogP) is 9.09. The fourth-order valence-corrected chi connectivity index (χ4v) is 4.64. The summed E-state index contributed by atoms with van der Waals surface area (Å²) in [4.78, 5) is 0. The second-order valence-electron chi connectivity index (χ2n) is 8.92. The largest absolute Gasteiger partial charge is 0.494 e. The third-order valence-corrected chi connectivity index (χ3v) is 6.45. The second-order valence-corrected chi connectivity index (χ2v) is 8.92. The van der Waals surface area contributed by atoms with Crippen molar-refractivity contribution in [2.24, 2.45) is 0 Å². The molecule has 0 heterocycles. The molecule has 0 unspecified atom stereocenters. The number of halogens is 1. The summed E-state index contributed by atoms with van der Waals surface area (Å²) >= 11 is 0. The van der Waals surface area contributed by atoms with Crippen molar-refractivity contribution < 1.29 is 9.13 Å². The zero-order valence-electron chi connectivity index (χ0n) is 20.9. The third kappa shape index (κ3) is 5.87. The molecular weight excluding hydrogens is 455 g/mol. The smallest absolute Gasteiger partial charge is 0.123 e. The van der Waals surface area contributed by atoms with Crippen LogP contribution >= 0.6 is 0 Å². The van der Waals surface area contributed by atoms with Crippen LogP contribution in [-0.4, -0.2) is 6.61 Å². The fraction of sp³-hybridized carbons (Fsp3) is 0.0857. The predicted molar refractivity (Wildman–Crippen MR) is 152 cm³/mol. The molecule has 37 heavy (non-hydrogen) atoms. The number of allylic oxidation sites excluding steroid dienone is 1. The van der Waals surface area contributed by atoms with Gasteiger partial charge >= 0.3 is 0 Å². The molecule has 0 radical (unpaired) electrons. The quantitative estimate of drug-likeness (QED) is 0.200. The number of rotatable bonds is 8. The molecule has 5 rings (SSSR count). The van der Waals surface area contributed by atoms with Gasteiger partial charge in [-0.3, -0.25) is 0 Å². The zero-order valence-corrected chi connectivity index (χ0v) is 20.9. The van der Waals surface area contributed by atoms with Crippen molar-refractivity contribution >= 4 is 11.1 Å². The Kier molecular flexibility index (Phi) is 7.57. The van der Waals surface area contributed by atoms with Gasteiger partial charge in [-0.05, 0) is 82.1 Å². The number of hydrogen-bond donors (Lipinski definition) is 0. The van der Waals surface area contributed by atoms with Gasteiger partial charge in [0, 0.05) is 0 Å². The van der Waals surface area contributed by atoms with Crippen molar-refractivity contribution in [3.63, 3.8) is 0 Å². The van der Waals surface area contributed by atoms with Crippen LogP contribution < -0.4 is 4.74 Å². The van der Waals surface area contributed by atoms with Gasteiger partial charge in [0.05, 0.1) is 6.61 Å². The Balaban J connectivity index is 1.67. The molecule has 5 aromatic carbocycles. The van der Waals surface area contributed by atoms with E-state index >= 15 is 0 Å². The fourth-order valence-electron chi connectivity index (χ4n) is 4.64. The summed E-state index contributed by atoms with van der Waals surface area (Å²) in [6.45, 7) is 2.63. The molecule has 0 fully saturated rings. The summed E-state index contributed by atoms with van der Waals surface area (Å²) in [5.41, 5.74) is 9.05. The van der Waals surface area contributed by atoms with E-state index in [2.05, 4.69) is 72.8 Å². The first-order chi connectivity index (χ1) is 18.2. The standard InChI is InChI=1S/C35H29FO/c1-2-37-33-23-13-26(14-24-33)25-34(29-17-15-28(16-18-29)27-9-5-3-6-10-27)35(30-11-7-4-8-12-30)31-19-21-32(36)22-20-31/h3-24H,2,25H2,1H3/b35-34-. The lowest BCUT2D eigenvalue weighted by Crippen LogP contribution is -2.00. The maximum absolute atomic E-state index is 13.9. The van der Waals surface area contributed by atoms with Crippen molar-refractivity contribution in [3.05, 3.63) is 162 Å². The Morgan fingerprint density at radius 3 is 1.73 bits per heavy atom. The van der Waals surface area contributed by atoms with E-state index in [9.17, 15) is 4.39 Å². The van der Waals surface area contributed by atoms with Crippen LogP contribution in [0.4, 0.5) is 4.39 Å². The summed E-state index contributed by atoms with van der Waals surface area (Å²) < 4.78 is 19.6. The molecule has 1 nitrogen and oxygen atoms in total. The lowest BCUT2D eigenvalue weighted by Gasteiger charge is -2.18. The molecule has 0 aliphatic carbocycles. The molecular formula is C35H29FO. The zero-order chi connectivity index (χ0) is 25.5. The van der Waals surface area contributed by atoms with Gasteiger partial charge < -0.3 is 4.74 Å². The molecule has 0 aliphatic heterocycles. The molecule has 2 heteroatoms. The average Bonchev–Trinajstić information content (AvgIpc) is 2.96. The maximum atomic E-state index is 13.9. The normalized spacial score (nSPS) is 11.6. The lowest BCUT2D eigenvalue weighted by molar-refractivity contribution is 0.340. The number of ether oxygens (including phenoxy) is 1. The Hall–Kier alpha value is -4.43. The highest BCUT2D eigenvalue weighted by atomic mass is 19.1. The third-order valence-electron chi connectivity index (χ3n) is 6.45. The molecule has 0 bridgehead atoms. The highest BCUT2D eigenvalue weighted by Crippen LogP contribution is 2.36. The van der Waals surface area contributed by atoms with Crippen LogP contribution in [0, 0.1) is 5.82 Å². The Morgan fingerprint density at radius 2 is 1.11 bits per heavy atom. The highest BCUT2D eigenvalue weighted by Gasteiger charge is 2.15. The molecule has 0 spiro atoms. The number of benzene rings is 5. The lowest BCUT2D eigenvalue weighted by atomic mass is 9.86. The second kappa shape index (κ2) is 11.5. The first-order valence-corrected chi connectivity index (χ1v) is 12.6. The molecule has 182 valence electrons. The van der Waals surface area contributed by atoms with Crippen molar-refractivity contribution in [3.8, 4) is 16.9 Å². The molecule has 0 aliphatic rings. The van der Waals surface area contributed by atoms with Crippen LogP contribution in [0.1, 0.15) is 29.2 Å². The van der Waals surface area contributed by atoms with Crippen molar-refractivity contribution in [2.75, 3.05) is 6.61 Å². The van der Waals surface area contributed by atoms with Gasteiger partial charge in [0.1, 0.15) is 11.6 Å². The summed E-state index contributed by atoms with van der Waals surface area (Å²) in [5, 5.41) is 0. The van der Waals surface area contributed by atoms with Gasteiger partial charge in [-0.25, -0.2) is 4.39 Å². The van der Waals surface area contributed by atoms with E-state index in [1.807, 2.05) is 55.5 Å². The summed E-state index contributed by atoms with van der Waals surface area (Å²) in [6.07, 6.45) is 0.721. The van der Waals surface area contributed by atoms with Gasteiger partial charge in [0.25, 0.3) is 0 Å². The first kappa shape index (κ1) is 24.3. The SMILES string of the molecule is CCOc1ccc(C/C(=C(\c2ccccc2)c2ccc(F)cc2)c2ccc(-c3ccccc3)cc2)cc1. The number of hydrogen-bond acceptors (Lipinski definition) is 1. The van der Waals surface area contributed by atoms with E-state index in [1.165, 1.54) is 34.4 Å². The van der Waals surface area contributed by atoms with E-state index in [0.29, 0.717) is 6.61 Å². The van der Waals surface area contributed by atoms with E-state index in [4.69, 9.17) is 4.74 Å². The van der Waals surface area contributed by atoms with Crippen LogP contribution in [0.5, 0.6) is 5.75 Å². The van der Waals surface area contributed by atoms with Crippen molar-refractivity contribution in [1.82, 2.24) is 0 Å². The monoisotopic (exact) mass is 484 g/mol. The molecule has 0 atom stereocenters. The highest BCUT2D eigenvalue weighted by molar-refractivity contribution is 5.99. The van der Waals surface area contributed by atoms with Gasteiger partial charge in [0.2, 0.25) is 0 Å². The first-order valence-electron chi connectivity index (χ1n) is 12.6. The Morgan fingerprint density at radius 1 is 0.568 bits per heavy atom. The summed E-state index contributed by atoms with van der Waals surface area (Å²) in [7, 11) is 0. The van der Waals surface area contributed by atoms with Crippen LogP contribution in [-0.2, 0) is 6.42 Å². The van der Waals surface area contributed by atoms with Gasteiger partial charge in [-0.1, -0.05) is 109 Å². The van der Waals surface area contributed by atoms with Crippen LogP contribution in [0.2, 0.25) is 0 Å². The topological polar surface area (TPSA) is 9.23 Å². The van der Waals surface area contributed by atoms with Crippen LogP contribution in [0.3, 0.4) is 0 Å². The molecule has 0 N–H and O–H groups in total. The Labute approximate surface area is 218 Å². The molecule has 0 saturated carbocycles. The molecule has 0 amide bonds. The van der Waals surface area contributed by atoms with Gasteiger partial charge in [-0.15, -0.1) is 0 Å². The van der Waals surface area contributed by atoms with Gasteiger partial charge in [0.15, 0.2) is 0 Å². The minimum absolute atomic E-state index is 0.239. The van der Waals surface area contributed by atoms with E-state index in [-0.39, 0.29) is 5.82 Å². The molecule has 5 aromatic rings. The van der Waals surface area contributed by atoms with Crippen LogP contribution in [0.25, 0.3) is 22.3 Å². The van der Waals surface area contributed by atoms with Gasteiger partial charge in [-0.2, -0.15) is 0 Å². The summed E-state index contributed by atoms with van der Waals surface area (Å²) in [6, 6.07) is 44.6. The molecule has 0 aromatic heterocycles. The summed E-state index contributed by atoms with van der Waals surface area (Å²) in [5.74, 6) is 0.627. The minimum Gasteiger partial charge on any atom is -0.494 e. The van der Waals surface area contributed by atoms with Crippen molar-refractivity contribution in [2.45, 2.75) is 13.3 Å².